The van der Waals surface area contributed by atoms with E-state index in [1.165, 1.54) is 0 Å². The lowest BCUT2D eigenvalue weighted by Gasteiger charge is -2.35. The van der Waals surface area contributed by atoms with Crippen molar-refractivity contribution < 1.29 is 19.8 Å². The molecule has 1 unspecified atom stereocenters. The molecule has 0 aromatic heterocycles. The van der Waals surface area contributed by atoms with Gasteiger partial charge >= 0.3 is 0 Å². The summed E-state index contributed by atoms with van der Waals surface area (Å²) in [6.45, 7) is 2.72. The molecule has 0 spiro atoms. The first kappa shape index (κ1) is 21.0. The van der Waals surface area contributed by atoms with Gasteiger partial charge in [0.2, 0.25) is 0 Å². The maximum Gasteiger partial charge on any atom is 0.254 e. The van der Waals surface area contributed by atoms with Crippen molar-refractivity contribution >= 4 is 17.5 Å². The monoisotopic (exact) mass is 435 g/mol. The summed E-state index contributed by atoms with van der Waals surface area (Å²) in [5, 5.41) is 20.2. The third-order valence-corrected chi connectivity index (χ3v) is 6.84. The molecule has 2 aromatic rings. The van der Waals surface area contributed by atoms with E-state index in [9.17, 15) is 19.8 Å². The molecule has 2 amide bonds. The molecule has 2 saturated heterocycles. The van der Waals surface area contributed by atoms with Crippen LogP contribution in [0, 0.1) is 0 Å². The fraction of sp³-hybridized carbons (Fsp3) is 0.440. The number of amides is 2. The molecule has 7 nitrogen and oxygen atoms in total. The summed E-state index contributed by atoms with van der Waals surface area (Å²) in [5.41, 5.74) is 2.55. The molecule has 0 radical (unpaired) electrons. The van der Waals surface area contributed by atoms with E-state index in [1.54, 1.807) is 9.80 Å². The largest absolute Gasteiger partial charge is 0.380 e. The average Bonchev–Trinajstić information content (AvgIpc) is 3.45. The van der Waals surface area contributed by atoms with Gasteiger partial charge in [-0.25, -0.2) is 0 Å². The van der Waals surface area contributed by atoms with E-state index in [1.807, 2.05) is 47.4 Å². The predicted octanol–water partition coefficient (Wildman–Crippen LogP) is 2.08. The summed E-state index contributed by atoms with van der Waals surface area (Å²) in [6.07, 6.45) is 2.45. The number of nitrogens with zero attached hydrogens (tertiary/aromatic N) is 3. The van der Waals surface area contributed by atoms with Crippen molar-refractivity contribution in [2.75, 3.05) is 37.6 Å². The van der Waals surface area contributed by atoms with Crippen LogP contribution in [0.25, 0.3) is 11.1 Å². The van der Waals surface area contributed by atoms with Crippen LogP contribution in [-0.4, -0.2) is 76.4 Å². The summed E-state index contributed by atoms with van der Waals surface area (Å²) in [4.78, 5) is 30.7. The molecule has 1 aliphatic carbocycles. The van der Waals surface area contributed by atoms with E-state index >= 15 is 0 Å². The number of carbonyl (C=O) groups excluding carboxylic acids is 2. The Bertz CT molecular complexity index is 1010. The number of carbonyl (C=O) groups is 2. The number of piperazine rings is 1. The molecular formula is C25H29N3O4. The molecule has 2 N–H and O–H groups in total. The number of rotatable bonds is 4. The minimum absolute atomic E-state index is 0.0391. The highest BCUT2D eigenvalue weighted by molar-refractivity contribution is 5.95. The second-order valence-corrected chi connectivity index (χ2v) is 9.06. The Morgan fingerprint density at radius 1 is 0.875 bits per heavy atom. The highest BCUT2D eigenvalue weighted by Crippen LogP contribution is 2.37. The third kappa shape index (κ3) is 3.98. The molecule has 2 aliphatic heterocycles. The Morgan fingerprint density at radius 3 is 2.19 bits per heavy atom. The van der Waals surface area contributed by atoms with Gasteiger partial charge in [-0.1, -0.05) is 24.3 Å². The van der Waals surface area contributed by atoms with E-state index in [-0.39, 0.29) is 11.8 Å². The molecule has 2 aromatic carbocycles. The smallest absolute Gasteiger partial charge is 0.254 e. The molecule has 7 heteroatoms. The van der Waals surface area contributed by atoms with Crippen LogP contribution in [0.4, 0.5) is 5.69 Å². The number of anilines is 1. The number of aliphatic hydroxyl groups is 2. The second kappa shape index (κ2) is 8.22. The van der Waals surface area contributed by atoms with Crippen LogP contribution >= 0.6 is 0 Å². The van der Waals surface area contributed by atoms with Gasteiger partial charge in [-0.15, -0.1) is 0 Å². The molecule has 1 atom stereocenters. The van der Waals surface area contributed by atoms with Gasteiger partial charge in [-0.3, -0.25) is 9.59 Å². The van der Waals surface area contributed by atoms with Gasteiger partial charge in [0.25, 0.3) is 11.8 Å². The van der Waals surface area contributed by atoms with Crippen LogP contribution in [0.5, 0.6) is 0 Å². The Balaban J connectivity index is 1.23. The van der Waals surface area contributed by atoms with Crippen molar-refractivity contribution in [3.63, 3.8) is 0 Å². The van der Waals surface area contributed by atoms with E-state index < -0.39 is 11.8 Å². The highest BCUT2D eigenvalue weighted by Gasteiger charge is 2.50. The maximum atomic E-state index is 12.9. The zero-order valence-electron chi connectivity index (χ0n) is 18.1. The van der Waals surface area contributed by atoms with Gasteiger partial charge in [0.1, 0.15) is 11.8 Å². The van der Waals surface area contributed by atoms with Gasteiger partial charge in [0.05, 0.1) is 0 Å². The topological polar surface area (TPSA) is 84.3 Å². The van der Waals surface area contributed by atoms with Gasteiger partial charge in [-0.05, 0) is 61.1 Å². The molecule has 0 bridgehead atoms. The van der Waals surface area contributed by atoms with Crippen LogP contribution in [0.1, 0.15) is 36.0 Å². The molecule has 1 saturated carbocycles. The lowest BCUT2D eigenvalue weighted by molar-refractivity contribution is -0.143. The average molecular weight is 436 g/mol. The number of aliphatic hydroxyl groups excluding tert-OH is 1. The van der Waals surface area contributed by atoms with Crippen LogP contribution in [0.2, 0.25) is 0 Å². The first-order valence-electron chi connectivity index (χ1n) is 11.4. The number of benzene rings is 2. The lowest BCUT2D eigenvalue weighted by atomic mass is 10.0. The maximum absolute atomic E-state index is 12.9. The minimum Gasteiger partial charge on any atom is -0.380 e. The zero-order chi connectivity index (χ0) is 22.3. The molecule has 2 heterocycles. The summed E-state index contributed by atoms with van der Waals surface area (Å²) < 4.78 is 0. The molecule has 32 heavy (non-hydrogen) atoms. The zero-order valence-corrected chi connectivity index (χ0v) is 18.1. The summed E-state index contributed by atoms with van der Waals surface area (Å²) in [5.74, 6) is -0.236. The van der Waals surface area contributed by atoms with Crippen molar-refractivity contribution in [2.24, 2.45) is 0 Å². The first-order valence-corrected chi connectivity index (χ1v) is 11.4. The van der Waals surface area contributed by atoms with Gasteiger partial charge in [0, 0.05) is 44.0 Å². The van der Waals surface area contributed by atoms with Gasteiger partial charge in [0.15, 0.2) is 0 Å². The normalized spacial score (nSPS) is 22.2. The number of hydrogen-bond acceptors (Lipinski definition) is 5. The van der Waals surface area contributed by atoms with Gasteiger partial charge in [-0.2, -0.15) is 0 Å². The molecule has 3 fully saturated rings. The first-order chi connectivity index (χ1) is 15.4. The summed E-state index contributed by atoms with van der Waals surface area (Å²) >= 11 is 0. The van der Waals surface area contributed by atoms with E-state index in [0.717, 1.165) is 36.2 Å². The van der Waals surface area contributed by atoms with Crippen molar-refractivity contribution in [3.8, 4) is 11.1 Å². The third-order valence-electron chi connectivity index (χ3n) is 6.84. The van der Waals surface area contributed by atoms with Crippen LogP contribution in [0.15, 0.2) is 48.5 Å². The second-order valence-electron chi connectivity index (χ2n) is 9.06. The molecular weight excluding hydrogens is 406 g/mol. The van der Waals surface area contributed by atoms with E-state index in [4.69, 9.17) is 0 Å². The summed E-state index contributed by atoms with van der Waals surface area (Å²) in [7, 11) is 0. The van der Waals surface area contributed by atoms with E-state index in [2.05, 4.69) is 6.07 Å². The van der Waals surface area contributed by atoms with Gasteiger partial charge < -0.3 is 24.9 Å². The van der Waals surface area contributed by atoms with E-state index in [0.29, 0.717) is 44.6 Å². The van der Waals surface area contributed by atoms with Crippen LogP contribution < -0.4 is 4.90 Å². The molecule has 5 rings (SSSR count). The van der Waals surface area contributed by atoms with Crippen molar-refractivity contribution in [2.45, 2.75) is 37.5 Å². The lowest BCUT2D eigenvalue weighted by Crippen LogP contribution is -2.53. The van der Waals surface area contributed by atoms with Crippen molar-refractivity contribution in [1.82, 2.24) is 9.80 Å². The number of hydrogen-bond donors (Lipinski definition) is 2. The molecule has 168 valence electrons. The highest BCUT2D eigenvalue weighted by atomic mass is 16.3. The Hall–Kier alpha value is -2.90. The van der Waals surface area contributed by atoms with Crippen molar-refractivity contribution in [1.29, 1.82) is 0 Å². The summed E-state index contributed by atoms with van der Waals surface area (Å²) in [6, 6.07) is 15.7. The van der Waals surface area contributed by atoms with Crippen molar-refractivity contribution in [3.05, 3.63) is 54.1 Å². The quantitative estimate of drug-likeness (QED) is 0.768. The Kier molecular flexibility index (Phi) is 5.39. The standard InChI is InChI=1S/C25H29N3O4/c29-22-5-2-12-28(22)21-4-1-3-20(17-21)18-6-8-19(9-7-18)23(30)26-13-15-27(16-14-26)24(31)25(32)10-11-25/h1,3-4,6-9,17,22,29,32H,2,5,10-16H2. The SMILES string of the molecule is O=C(c1ccc(-c2cccc(N3CCCC3O)c2)cc1)N1CCN(C(=O)C2(O)CC2)CC1. The Labute approximate surface area is 187 Å². The predicted molar refractivity (Wildman–Crippen MR) is 121 cm³/mol. The molecule has 3 aliphatic rings. The fourth-order valence-electron chi connectivity index (χ4n) is 4.64. The minimum atomic E-state index is -1.15. The van der Waals surface area contributed by atoms with Crippen LogP contribution in [0.3, 0.4) is 0 Å². The fourth-order valence-corrected chi connectivity index (χ4v) is 4.64. The van der Waals surface area contributed by atoms with Crippen LogP contribution in [-0.2, 0) is 4.79 Å². The Morgan fingerprint density at radius 2 is 1.56 bits per heavy atom.